The Morgan fingerprint density at radius 2 is 2.27 bits per heavy atom. The van der Waals surface area contributed by atoms with Crippen molar-refractivity contribution < 1.29 is 9.72 Å². The van der Waals surface area contributed by atoms with E-state index in [0.29, 0.717) is 23.8 Å². The number of nitro groups is 1. The molecule has 2 rings (SSSR count). The fraction of sp³-hybridized carbons (Fsp3) is 0.533. The Morgan fingerprint density at radius 1 is 1.50 bits per heavy atom. The number of hydrogen-bond acceptors (Lipinski definition) is 4. The van der Waals surface area contributed by atoms with Crippen LogP contribution >= 0.6 is 0 Å². The molecule has 1 fully saturated rings. The molecule has 1 unspecified atom stereocenters. The summed E-state index contributed by atoms with van der Waals surface area (Å²) in [7, 11) is 0. The molecule has 0 spiro atoms. The van der Waals surface area contributed by atoms with Gasteiger partial charge in [0.15, 0.2) is 0 Å². The van der Waals surface area contributed by atoms with Gasteiger partial charge >= 0.3 is 6.03 Å². The molecular weight excluding hydrogens is 284 g/mol. The van der Waals surface area contributed by atoms with Crippen molar-refractivity contribution in [2.75, 3.05) is 25.0 Å². The summed E-state index contributed by atoms with van der Waals surface area (Å²) in [6, 6.07) is 4.70. The number of carbonyl (C=O) groups is 1. The van der Waals surface area contributed by atoms with Crippen LogP contribution in [-0.4, -0.2) is 41.5 Å². The average molecular weight is 306 g/mol. The van der Waals surface area contributed by atoms with E-state index in [0.717, 1.165) is 25.9 Å². The molecule has 1 aromatic carbocycles. The van der Waals surface area contributed by atoms with Crippen LogP contribution in [0.2, 0.25) is 0 Å². The van der Waals surface area contributed by atoms with E-state index in [1.165, 1.54) is 6.07 Å². The van der Waals surface area contributed by atoms with Gasteiger partial charge in [0.25, 0.3) is 5.69 Å². The molecule has 1 aromatic rings. The first-order valence-electron chi connectivity index (χ1n) is 7.55. The Bertz CT molecular complexity index is 562. The van der Waals surface area contributed by atoms with E-state index in [2.05, 4.69) is 22.5 Å². The number of likely N-dealkylation sites (N-methyl/N-ethyl adjacent to an activating group) is 1. The number of urea groups is 1. The maximum atomic E-state index is 12.0. The molecule has 0 bridgehead atoms. The van der Waals surface area contributed by atoms with Gasteiger partial charge in [-0.2, -0.15) is 0 Å². The maximum absolute atomic E-state index is 12.0. The maximum Gasteiger partial charge on any atom is 0.319 e. The van der Waals surface area contributed by atoms with Gasteiger partial charge in [0.2, 0.25) is 0 Å². The Kier molecular flexibility index (Phi) is 5.32. The van der Waals surface area contributed by atoms with Gasteiger partial charge in [-0.15, -0.1) is 0 Å². The van der Waals surface area contributed by atoms with E-state index in [1.807, 2.05) is 0 Å². The second kappa shape index (κ2) is 7.22. The van der Waals surface area contributed by atoms with Crippen LogP contribution in [0, 0.1) is 17.0 Å². The summed E-state index contributed by atoms with van der Waals surface area (Å²) in [6.45, 7) is 6.40. The monoisotopic (exact) mass is 306 g/mol. The zero-order chi connectivity index (χ0) is 16.1. The summed E-state index contributed by atoms with van der Waals surface area (Å²) in [6.07, 6.45) is 2.25. The molecule has 22 heavy (non-hydrogen) atoms. The van der Waals surface area contributed by atoms with Crippen LogP contribution in [0.15, 0.2) is 18.2 Å². The number of nitrogens with one attached hydrogen (secondary N) is 2. The summed E-state index contributed by atoms with van der Waals surface area (Å²) in [4.78, 5) is 24.8. The lowest BCUT2D eigenvalue weighted by atomic mass is 10.1. The number of amides is 2. The van der Waals surface area contributed by atoms with Crippen molar-refractivity contribution in [3.8, 4) is 0 Å². The number of benzene rings is 1. The second-order valence-corrected chi connectivity index (χ2v) is 5.47. The summed E-state index contributed by atoms with van der Waals surface area (Å²) in [5, 5.41) is 16.4. The SMILES string of the molecule is CCN1CCCC1CNC(=O)Nc1cccc([N+](=O)[O-])c1C. The third-order valence-electron chi connectivity index (χ3n) is 4.15. The highest BCUT2D eigenvalue weighted by Gasteiger charge is 2.23. The molecule has 1 aliphatic rings. The number of carbonyl (C=O) groups excluding carboxylic acids is 1. The fourth-order valence-electron chi connectivity index (χ4n) is 2.88. The summed E-state index contributed by atoms with van der Waals surface area (Å²) < 4.78 is 0. The van der Waals surface area contributed by atoms with Crippen LogP contribution in [-0.2, 0) is 0 Å². The van der Waals surface area contributed by atoms with Crippen LogP contribution < -0.4 is 10.6 Å². The Balaban J connectivity index is 1.92. The number of hydrogen-bond donors (Lipinski definition) is 2. The van der Waals surface area contributed by atoms with Gasteiger partial charge in [-0.25, -0.2) is 4.79 Å². The van der Waals surface area contributed by atoms with Crippen molar-refractivity contribution in [1.29, 1.82) is 0 Å². The minimum Gasteiger partial charge on any atom is -0.336 e. The molecule has 0 radical (unpaired) electrons. The smallest absolute Gasteiger partial charge is 0.319 e. The third kappa shape index (κ3) is 3.73. The summed E-state index contributed by atoms with van der Waals surface area (Å²) in [5.74, 6) is 0. The topological polar surface area (TPSA) is 87.5 Å². The van der Waals surface area contributed by atoms with Crippen molar-refractivity contribution in [3.05, 3.63) is 33.9 Å². The molecule has 1 heterocycles. The van der Waals surface area contributed by atoms with E-state index in [1.54, 1.807) is 19.1 Å². The van der Waals surface area contributed by atoms with E-state index in [9.17, 15) is 14.9 Å². The summed E-state index contributed by atoms with van der Waals surface area (Å²) >= 11 is 0. The van der Waals surface area contributed by atoms with Crippen LogP contribution in [0.1, 0.15) is 25.3 Å². The Hall–Kier alpha value is -2.15. The second-order valence-electron chi connectivity index (χ2n) is 5.47. The molecule has 1 saturated heterocycles. The van der Waals surface area contributed by atoms with Gasteiger partial charge in [-0.1, -0.05) is 13.0 Å². The van der Waals surface area contributed by atoms with E-state index >= 15 is 0 Å². The first-order valence-corrected chi connectivity index (χ1v) is 7.55. The summed E-state index contributed by atoms with van der Waals surface area (Å²) in [5.41, 5.74) is 0.926. The molecule has 1 atom stereocenters. The molecule has 120 valence electrons. The zero-order valence-electron chi connectivity index (χ0n) is 13.0. The first-order chi connectivity index (χ1) is 10.5. The van der Waals surface area contributed by atoms with E-state index in [-0.39, 0.29) is 11.7 Å². The number of likely N-dealkylation sites (tertiary alicyclic amines) is 1. The van der Waals surface area contributed by atoms with Gasteiger partial charge in [0.1, 0.15) is 0 Å². The largest absolute Gasteiger partial charge is 0.336 e. The zero-order valence-corrected chi connectivity index (χ0v) is 13.0. The normalized spacial score (nSPS) is 18.2. The van der Waals surface area contributed by atoms with Crippen molar-refractivity contribution in [1.82, 2.24) is 10.2 Å². The molecule has 1 aliphatic heterocycles. The molecule has 7 nitrogen and oxygen atoms in total. The van der Waals surface area contributed by atoms with Crippen molar-refractivity contribution in [2.45, 2.75) is 32.7 Å². The van der Waals surface area contributed by atoms with Gasteiger partial charge in [-0.3, -0.25) is 15.0 Å². The van der Waals surface area contributed by atoms with Crippen molar-refractivity contribution in [3.63, 3.8) is 0 Å². The van der Waals surface area contributed by atoms with E-state index in [4.69, 9.17) is 0 Å². The predicted octanol–water partition coefficient (Wildman–Crippen LogP) is 2.51. The first kappa shape index (κ1) is 16.2. The molecule has 0 aromatic heterocycles. The molecule has 2 amide bonds. The van der Waals surface area contributed by atoms with Crippen LogP contribution in [0.5, 0.6) is 0 Å². The van der Waals surface area contributed by atoms with Crippen LogP contribution in [0.4, 0.5) is 16.2 Å². The molecule has 0 saturated carbocycles. The highest BCUT2D eigenvalue weighted by molar-refractivity contribution is 5.90. The molecular formula is C15H22N4O3. The molecule has 0 aliphatic carbocycles. The third-order valence-corrected chi connectivity index (χ3v) is 4.15. The quantitative estimate of drug-likeness (QED) is 0.646. The lowest BCUT2D eigenvalue weighted by Crippen LogP contribution is -2.41. The number of rotatable bonds is 5. The highest BCUT2D eigenvalue weighted by Crippen LogP contribution is 2.24. The van der Waals surface area contributed by atoms with Crippen LogP contribution in [0.3, 0.4) is 0 Å². The molecule has 2 N–H and O–H groups in total. The lowest BCUT2D eigenvalue weighted by molar-refractivity contribution is -0.385. The number of nitrogens with zero attached hydrogens (tertiary/aromatic N) is 2. The number of nitro benzene ring substituents is 1. The molecule has 7 heteroatoms. The standard InChI is InChI=1S/C15H22N4O3/c1-3-18-9-5-6-12(18)10-16-15(20)17-13-7-4-8-14(11(13)2)19(21)22/h4,7-8,12H,3,5-6,9-10H2,1-2H3,(H2,16,17,20). The van der Waals surface area contributed by atoms with Gasteiger partial charge in [-0.05, 0) is 38.9 Å². The predicted molar refractivity (Wildman–Crippen MR) is 85.1 cm³/mol. The van der Waals surface area contributed by atoms with Crippen molar-refractivity contribution in [2.24, 2.45) is 0 Å². The minimum atomic E-state index is -0.448. The Labute approximate surface area is 129 Å². The average Bonchev–Trinajstić information content (AvgIpc) is 2.94. The van der Waals surface area contributed by atoms with E-state index < -0.39 is 4.92 Å². The van der Waals surface area contributed by atoms with Crippen LogP contribution in [0.25, 0.3) is 0 Å². The van der Waals surface area contributed by atoms with Gasteiger partial charge in [0.05, 0.1) is 16.2 Å². The highest BCUT2D eigenvalue weighted by atomic mass is 16.6. The fourth-order valence-corrected chi connectivity index (χ4v) is 2.88. The lowest BCUT2D eigenvalue weighted by Gasteiger charge is -2.23. The van der Waals surface area contributed by atoms with Gasteiger partial charge < -0.3 is 10.6 Å². The minimum absolute atomic E-state index is 0.00533. The van der Waals surface area contributed by atoms with Crippen molar-refractivity contribution >= 4 is 17.4 Å². The van der Waals surface area contributed by atoms with Gasteiger partial charge in [0, 0.05) is 18.7 Å². The Morgan fingerprint density at radius 3 is 2.95 bits per heavy atom. The number of anilines is 1.